The van der Waals surface area contributed by atoms with Crippen molar-refractivity contribution in [2.75, 3.05) is 53.5 Å². The molecular formula is C18H35IN4O3. The first kappa shape index (κ1) is 25.2. The molecule has 0 spiro atoms. The van der Waals surface area contributed by atoms with Gasteiger partial charge in [0.1, 0.15) is 5.76 Å². The molecule has 0 aliphatic carbocycles. The van der Waals surface area contributed by atoms with Crippen LogP contribution in [-0.4, -0.2) is 75.1 Å². The highest BCUT2D eigenvalue weighted by molar-refractivity contribution is 14.0. The molecule has 3 N–H and O–H groups in total. The second-order valence-corrected chi connectivity index (χ2v) is 6.63. The second kappa shape index (κ2) is 14.2. The molecule has 1 rings (SSSR count). The number of nitrogens with one attached hydrogen (secondary N) is 2. The van der Waals surface area contributed by atoms with Gasteiger partial charge in [0.05, 0.1) is 18.4 Å². The highest BCUT2D eigenvalue weighted by Crippen LogP contribution is 2.05. The van der Waals surface area contributed by atoms with Gasteiger partial charge in [0.2, 0.25) is 0 Å². The number of guanidine groups is 1. The van der Waals surface area contributed by atoms with Gasteiger partial charge in [-0.3, -0.25) is 4.99 Å². The lowest BCUT2D eigenvalue weighted by Gasteiger charge is -2.25. The van der Waals surface area contributed by atoms with Crippen molar-refractivity contribution < 1.29 is 14.3 Å². The van der Waals surface area contributed by atoms with E-state index in [4.69, 9.17) is 9.15 Å². The Morgan fingerprint density at radius 1 is 1.35 bits per heavy atom. The maximum Gasteiger partial charge on any atom is 0.191 e. The summed E-state index contributed by atoms with van der Waals surface area (Å²) in [5.41, 5.74) is -0.871. The number of ether oxygens (including phenoxy) is 1. The summed E-state index contributed by atoms with van der Waals surface area (Å²) in [5.74, 6) is 1.63. The van der Waals surface area contributed by atoms with E-state index in [1.165, 1.54) is 0 Å². The largest absolute Gasteiger partial charge is 0.469 e. The predicted molar refractivity (Wildman–Crippen MR) is 116 cm³/mol. The molecule has 0 aromatic carbocycles. The SMILES string of the molecule is CCOCCCNC(=NCC(C)(O)CN(C)C)NCCc1ccco1.I. The molecule has 0 aliphatic rings. The molecular weight excluding hydrogens is 447 g/mol. The summed E-state index contributed by atoms with van der Waals surface area (Å²) in [6.45, 7) is 7.60. The lowest BCUT2D eigenvalue weighted by atomic mass is 10.1. The Hall–Kier alpha value is -0.840. The average Bonchev–Trinajstić information content (AvgIpc) is 3.04. The molecule has 0 saturated heterocycles. The van der Waals surface area contributed by atoms with E-state index in [0.717, 1.165) is 38.4 Å². The Labute approximate surface area is 174 Å². The van der Waals surface area contributed by atoms with Crippen LogP contribution in [0.5, 0.6) is 0 Å². The highest BCUT2D eigenvalue weighted by Gasteiger charge is 2.21. The lowest BCUT2D eigenvalue weighted by Crippen LogP contribution is -2.43. The molecule has 0 bridgehead atoms. The molecule has 1 unspecified atom stereocenters. The maximum atomic E-state index is 10.4. The lowest BCUT2D eigenvalue weighted by molar-refractivity contribution is 0.0423. The zero-order chi connectivity index (χ0) is 18.5. The minimum atomic E-state index is -0.871. The van der Waals surface area contributed by atoms with Crippen LogP contribution in [0.25, 0.3) is 0 Å². The summed E-state index contributed by atoms with van der Waals surface area (Å²) in [5, 5.41) is 17.0. The number of hydrogen-bond donors (Lipinski definition) is 3. The molecule has 26 heavy (non-hydrogen) atoms. The fourth-order valence-corrected chi connectivity index (χ4v) is 2.44. The Morgan fingerprint density at radius 2 is 2.08 bits per heavy atom. The summed E-state index contributed by atoms with van der Waals surface area (Å²) in [4.78, 5) is 6.48. The number of hydrogen-bond acceptors (Lipinski definition) is 5. The number of furan rings is 1. The third-order valence-corrected chi connectivity index (χ3v) is 3.44. The zero-order valence-electron chi connectivity index (χ0n) is 16.5. The average molecular weight is 482 g/mol. The molecule has 1 atom stereocenters. The number of nitrogens with zero attached hydrogens (tertiary/aromatic N) is 2. The molecule has 0 radical (unpaired) electrons. The van der Waals surface area contributed by atoms with Gasteiger partial charge < -0.3 is 29.8 Å². The standard InChI is InChI=1S/C18H34N4O3.HI/c1-5-24-12-7-10-19-17(20-11-9-16-8-6-13-25-16)21-14-18(2,23)15-22(3)4;/h6,8,13,23H,5,7,9-12,14-15H2,1-4H3,(H2,19,20,21);1H. The topological polar surface area (TPSA) is 82.3 Å². The normalized spacial score (nSPS) is 14.0. The van der Waals surface area contributed by atoms with Gasteiger partial charge in [0.25, 0.3) is 0 Å². The molecule has 1 aromatic heterocycles. The van der Waals surface area contributed by atoms with Crippen molar-refractivity contribution in [3.8, 4) is 0 Å². The highest BCUT2D eigenvalue weighted by atomic mass is 127. The van der Waals surface area contributed by atoms with Crippen molar-refractivity contribution in [1.82, 2.24) is 15.5 Å². The number of halogens is 1. The Kier molecular flexibility index (Phi) is 13.8. The third-order valence-electron chi connectivity index (χ3n) is 3.44. The van der Waals surface area contributed by atoms with Crippen LogP contribution in [0, 0.1) is 0 Å². The number of aliphatic imine (C=N–C) groups is 1. The molecule has 1 aromatic rings. The van der Waals surface area contributed by atoms with Crippen molar-refractivity contribution >= 4 is 29.9 Å². The van der Waals surface area contributed by atoms with Crippen LogP contribution in [0.2, 0.25) is 0 Å². The van der Waals surface area contributed by atoms with Gasteiger partial charge in [-0.25, -0.2) is 0 Å². The van der Waals surface area contributed by atoms with Crippen molar-refractivity contribution in [2.24, 2.45) is 4.99 Å². The van der Waals surface area contributed by atoms with Crippen LogP contribution in [0.1, 0.15) is 26.0 Å². The third kappa shape index (κ3) is 12.5. The van der Waals surface area contributed by atoms with E-state index in [2.05, 4.69) is 15.6 Å². The molecule has 0 aliphatic heterocycles. The van der Waals surface area contributed by atoms with E-state index in [-0.39, 0.29) is 24.0 Å². The first-order valence-corrected chi connectivity index (χ1v) is 8.92. The van der Waals surface area contributed by atoms with Crippen molar-refractivity contribution in [1.29, 1.82) is 0 Å². The van der Waals surface area contributed by atoms with Gasteiger partial charge in [0, 0.05) is 39.3 Å². The van der Waals surface area contributed by atoms with Gasteiger partial charge in [-0.05, 0) is 46.5 Å². The maximum absolute atomic E-state index is 10.4. The van der Waals surface area contributed by atoms with E-state index in [1.807, 2.05) is 38.1 Å². The molecule has 0 amide bonds. The van der Waals surface area contributed by atoms with E-state index in [9.17, 15) is 5.11 Å². The number of rotatable bonds is 12. The van der Waals surface area contributed by atoms with Crippen molar-refractivity contribution in [3.05, 3.63) is 24.2 Å². The van der Waals surface area contributed by atoms with Crippen LogP contribution in [0.4, 0.5) is 0 Å². The Bertz CT molecular complexity index is 479. The fraction of sp³-hybridized carbons (Fsp3) is 0.722. The van der Waals surface area contributed by atoms with Gasteiger partial charge in [-0.2, -0.15) is 0 Å². The molecule has 0 fully saturated rings. The van der Waals surface area contributed by atoms with Crippen molar-refractivity contribution in [3.63, 3.8) is 0 Å². The second-order valence-electron chi connectivity index (χ2n) is 6.63. The Morgan fingerprint density at radius 3 is 2.69 bits per heavy atom. The van der Waals surface area contributed by atoms with Gasteiger partial charge in [-0.1, -0.05) is 0 Å². The molecule has 1 heterocycles. The molecule has 8 heteroatoms. The molecule has 7 nitrogen and oxygen atoms in total. The van der Waals surface area contributed by atoms with Gasteiger partial charge >= 0.3 is 0 Å². The minimum Gasteiger partial charge on any atom is -0.469 e. The summed E-state index contributed by atoms with van der Waals surface area (Å²) in [6, 6.07) is 3.84. The quantitative estimate of drug-likeness (QED) is 0.182. The first-order valence-electron chi connectivity index (χ1n) is 8.92. The molecule has 0 saturated carbocycles. The summed E-state index contributed by atoms with van der Waals surface area (Å²) >= 11 is 0. The first-order chi connectivity index (χ1) is 11.9. The van der Waals surface area contributed by atoms with E-state index in [1.54, 1.807) is 13.2 Å². The smallest absolute Gasteiger partial charge is 0.191 e. The summed E-state index contributed by atoms with van der Waals surface area (Å²) in [7, 11) is 3.87. The summed E-state index contributed by atoms with van der Waals surface area (Å²) in [6.07, 6.45) is 3.36. The zero-order valence-corrected chi connectivity index (χ0v) is 18.8. The van der Waals surface area contributed by atoms with Crippen LogP contribution in [0.3, 0.4) is 0 Å². The van der Waals surface area contributed by atoms with Crippen LogP contribution < -0.4 is 10.6 Å². The fourth-order valence-electron chi connectivity index (χ4n) is 2.44. The van der Waals surface area contributed by atoms with Crippen molar-refractivity contribution in [2.45, 2.75) is 32.3 Å². The van der Waals surface area contributed by atoms with E-state index in [0.29, 0.717) is 25.6 Å². The van der Waals surface area contributed by atoms with E-state index < -0.39 is 5.60 Å². The predicted octanol–water partition coefficient (Wildman–Crippen LogP) is 1.71. The van der Waals surface area contributed by atoms with Crippen LogP contribution in [-0.2, 0) is 11.2 Å². The monoisotopic (exact) mass is 482 g/mol. The molecule has 152 valence electrons. The number of aliphatic hydroxyl groups is 1. The van der Waals surface area contributed by atoms with Gasteiger partial charge in [0.15, 0.2) is 5.96 Å². The van der Waals surface area contributed by atoms with Crippen LogP contribution in [0.15, 0.2) is 27.8 Å². The minimum absolute atomic E-state index is 0. The Balaban J connectivity index is 0.00000625. The number of likely N-dealkylation sites (N-methyl/N-ethyl adjacent to an activating group) is 1. The summed E-state index contributed by atoms with van der Waals surface area (Å²) < 4.78 is 10.7. The van der Waals surface area contributed by atoms with Gasteiger partial charge in [-0.15, -0.1) is 24.0 Å². The van der Waals surface area contributed by atoms with Crippen LogP contribution >= 0.6 is 24.0 Å². The van der Waals surface area contributed by atoms with E-state index >= 15 is 0 Å².